The summed E-state index contributed by atoms with van der Waals surface area (Å²) in [5.41, 5.74) is 5.05. The van der Waals surface area contributed by atoms with Gasteiger partial charge in [0.25, 0.3) is 0 Å². The Morgan fingerprint density at radius 2 is 1.52 bits per heavy atom. The Bertz CT molecular complexity index is 430. The molecule has 2 aliphatic carbocycles. The first-order valence-electron chi connectivity index (χ1n) is 10.8. The molecule has 0 unspecified atom stereocenters. The van der Waals surface area contributed by atoms with Gasteiger partial charge in [0.1, 0.15) is 5.78 Å². The summed E-state index contributed by atoms with van der Waals surface area (Å²) in [5, 5.41) is 0. The van der Waals surface area contributed by atoms with Crippen LogP contribution in [0.15, 0.2) is 0 Å². The number of carbonyl (C=O) groups is 2. The first-order valence-corrected chi connectivity index (χ1v) is 10.8. The summed E-state index contributed by atoms with van der Waals surface area (Å²) in [7, 11) is 0. The van der Waals surface area contributed by atoms with E-state index < -0.39 is 0 Å². The van der Waals surface area contributed by atoms with Crippen LogP contribution in [0, 0.1) is 23.7 Å². The molecule has 0 aromatic heterocycles. The van der Waals surface area contributed by atoms with Crippen molar-refractivity contribution in [3.8, 4) is 0 Å². The van der Waals surface area contributed by atoms with Crippen molar-refractivity contribution in [1.82, 2.24) is 0 Å². The number of hydrogen-bond donors (Lipinski definition) is 1. The lowest BCUT2D eigenvalue weighted by Gasteiger charge is -2.28. The molecule has 0 heterocycles. The largest absolute Gasteiger partial charge is 0.381 e. The zero-order chi connectivity index (χ0) is 20.2. The molecule has 27 heavy (non-hydrogen) atoms. The molecule has 2 aliphatic rings. The Hall–Kier alpha value is -0.940. The lowest BCUT2D eigenvalue weighted by molar-refractivity contribution is -0.128. The fourth-order valence-electron chi connectivity index (χ4n) is 3.48. The quantitative estimate of drug-likeness (QED) is 0.566. The smallest absolute Gasteiger partial charge is 0.219 e. The maximum atomic E-state index is 11.1. The SMILES string of the molecule is CC(C)C(=O)C1CCC1.CC(C)OCC1CCC(COCCC(N)=O)CC1.[HH]. The van der Waals surface area contributed by atoms with Crippen molar-refractivity contribution in [3.05, 3.63) is 0 Å². The Labute approximate surface area is 167 Å². The molecule has 2 saturated carbocycles. The maximum absolute atomic E-state index is 11.1. The van der Waals surface area contributed by atoms with Gasteiger partial charge in [-0.05, 0) is 64.2 Å². The number of primary amides is 1. The van der Waals surface area contributed by atoms with Crippen molar-refractivity contribution >= 4 is 11.7 Å². The van der Waals surface area contributed by atoms with Crippen LogP contribution in [0.1, 0.15) is 80.5 Å². The second kappa shape index (κ2) is 13.3. The standard InChI is InChI=1S/C14H27NO3.C8H14O.H2/c1-11(2)18-10-13-5-3-12(4-6-13)9-17-8-7-14(15)16;1-6(2)8(9)7-4-3-5-7;/h11-13H,3-10H2,1-2H3,(H2,15,16);6-7H,3-5H2,1-2H3;1H. The van der Waals surface area contributed by atoms with E-state index in [0.717, 1.165) is 26.1 Å². The number of amides is 1. The summed E-state index contributed by atoms with van der Waals surface area (Å²) in [6, 6.07) is 0. The fraction of sp³-hybridized carbons (Fsp3) is 0.909. The molecule has 2 N–H and O–H groups in total. The number of rotatable bonds is 10. The minimum Gasteiger partial charge on any atom is -0.381 e. The third-order valence-electron chi connectivity index (χ3n) is 5.55. The zero-order valence-corrected chi connectivity index (χ0v) is 17.9. The van der Waals surface area contributed by atoms with E-state index in [1.165, 1.54) is 32.1 Å². The van der Waals surface area contributed by atoms with E-state index in [1.54, 1.807) is 0 Å². The summed E-state index contributed by atoms with van der Waals surface area (Å²) < 4.78 is 11.1. The lowest BCUT2D eigenvalue weighted by Crippen LogP contribution is -2.25. The average Bonchev–Trinajstić information content (AvgIpc) is 2.56. The van der Waals surface area contributed by atoms with Crippen molar-refractivity contribution in [2.24, 2.45) is 29.4 Å². The van der Waals surface area contributed by atoms with Gasteiger partial charge in [-0.3, -0.25) is 9.59 Å². The van der Waals surface area contributed by atoms with Gasteiger partial charge < -0.3 is 15.2 Å². The van der Waals surface area contributed by atoms with Gasteiger partial charge in [0.15, 0.2) is 0 Å². The topological polar surface area (TPSA) is 78.6 Å². The number of ketones is 1. The van der Waals surface area contributed by atoms with Gasteiger partial charge in [-0.25, -0.2) is 0 Å². The molecule has 1 amide bonds. The van der Waals surface area contributed by atoms with Crippen molar-refractivity contribution < 1.29 is 20.5 Å². The highest BCUT2D eigenvalue weighted by molar-refractivity contribution is 5.83. The van der Waals surface area contributed by atoms with E-state index >= 15 is 0 Å². The number of ether oxygens (including phenoxy) is 2. The van der Waals surface area contributed by atoms with Crippen LogP contribution in [-0.4, -0.2) is 37.6 Å². The van der Waals surface area contributed by atoms with Crippen molar-refractivity contribution in [2.45, 2.75) is 85.2 Å². The van der Waals surface area contributed by atoms with Gasteiger partial charge in [0.2, 0.25) is 5.91 Å². The molecule has 0 radical (unpaired) electrons. The Balaban J connectivity index is 0.000000614. The number of hydrogen-bond acceptors (Lipinski definition) is 4. The first kappa shape index (κ1) is 24.1. The van der Waals surface area contributed by atoms with Crippen LogP contribution in [-0.2, 0) is 19.1 Å². The summed E-state index contributed by atoms with van der Waals surface area (Å²) in [6.45, 7) is 10.3. The summed E-state index contributed by atoms with van der Waals surface area (Å²) in [5.74, 6) is 2.24. The third-order valence-corrected chi connectivity index (χ3v) is 5.55. The van der Waals surface area contributed by atoms with Gasteiger partial charge in [0.05, 0.1) is 12.7 Å². The number of Topliss-reactive ketones (excluding diaryl/α,β-unsaturated/α-hetero) is 1. The molecule has 2 rings (SSSR count). The zero-order valence-electron chi connectivity index (χ0n) is 17.9. The second-order valence-electron chi connectivity index (χ2n) is 8.74. The molecule has 5 heteroatoms. The van der Waals surface area contributed by atoms with Gasteiger partial charge in [-0.15, -0.1) is 0 Å². The normalized spacial score (nSPS) is 22.9. The van der Waals surface area contributed by atoms with E-state index in [-0.39, 0.29) is 13.3 Å². The summed E-state index contributed by atoms with van der Waals surface area (Å²) in [6.07, 6.45) is 9.12. The summed E-state index contributed by atoms with van der Waals surface area (Å²) in [4.78, 5) is 21.7. The Morgan fingerprint density at radius 1 is 0.963 bits per heavy atom. The van der Waals surface area contributed by atoms with Crippen LogP contribution >= 0.6 is 0 Å². The fourth-order valence-corrected chi connectivity index (χ4v) is 3.48. The van der Waals surface area contributed by atoms with E-state index in [4.69, 9.17) is 15.2 Å². The molecular weight excluding hydrogens is 342 g/mol. The van der Waals surface area contributed by atoms with Gasteiger partial charge in [-0.1, -0.05) is 20.3 Å². The molecule has 5 nitrogen and oxygen atoms in total. The Kier molecular flexibility index (Phi) is 11.8. The molecule has 0 bridgehead atoms. The third kappa shape index (κ3) is 10.8. The van der Waals surface area contributed by atoms with Gasteiger partial charge >= 0.3 is 0 Å². The van der Waals surface area contributed by atoms with Gasteiger partial charge in [0, 0.05) is 32.9 Å². The molecule has 2 fully saturated rings. The predicted octanol–water partition coefficient (Wildman–Crippen LogP) is 4.37. The van der Waals surface area contributed by atoms with Crippen LogP contribution < -0.4 is 5.73 Å². The molecular formula is C22H43NO4. The van der Waals surface area contributed by atoms with E-state index in [9.17, 15) is 9.59 Å². The molecule has 0 spiro atoms. The molecule has 0 aliphatic heterocycles. The van der Waals surface area contributed by atoms with E-state index in [0.29, 0.717) is 42.7 Å². The van der Waals surface area contributed by atoms with Crippen molar-refractivity contribution in [1.29, 1.82) is 0 Å². The van der Waals surface area contributed by atoms with Crippen LogP contribution in [0.2, 0.25) is 0 Å². The molecule has 0 aromatic rings. The monoisotopic (exact) mass is 385 g/mol. The molecule has 0 atom stereocenters. The van der Waals surface area contributed by atoms with Crippen LogP contribution in [0.4, 0.5) is 0 Å². The lowest BCUT2D eigenvalue weighted by atomic mass is 9.79. The Morgan fingerprint density at radius 3 is 1.89 bits per heavy atom. The highest BCUT2D eigenvalue weighted by Gasteiger charge is 2.26. The van der Waals surface area contributed by atoms with E-state index in [2.05, 4.69) is 13.8 Å². The molecule has 0 aromatic carbocycles. The first-order chi connectivity index (χ1) is 12.8. The minimum atomic E-state index is -0.287. The van der Waals surface area contributed by atoms with Crippen LogP contribution in [0.3, 0.4) is 0 Å². The highest BCUT2D eigenvalue weighted by atomic mass is 16.5. The summed E-state index contributed by atoms with van der Waals surface area (Å²) >= 11 is 0. The van der Waals surface area contributed by atoms with Gasteiger partial charge in [-0.2, -0.15) is 0 Å². The van der Waals surface area contributed by atoms with Crippen LogP contribution in [0.5, 0.6) is 0 Å². The number of carbonyl (C=O) groups excluding carboxylic acids is 2. The van der Waals surface area contributed by atoms with Crippen LogP contribution in [0.25, 0.3) is 0 Å². The predicted molar refractivity (Wildman–Crippen MR) is 110 cm³/mol. The van der Waals surface area contributed by atoms with Crippen molar-refractivity contribution in [3.63, 3.8) is 0 Å². The van der Waals surface area contributed by atoms with Crippen molar-refractivity contribution in [2.75, 3.05) is 19.8 Å². The minimum absolute atomic E-state index is 0. The number of nitrogens with two attached hydrogens (primary N) is 1. The molecule has 0 saturated heterocycles. The average molecular weight is 386 g/mol. The maximum Gasteiger partial charge on any atom is 0.219 e. The second-order valence-corrected chi connectivity index (χ2v) is 8.74. The van der Waals surface area contributed by atoms with E-state index in [1.807, 2.05) is 13.8 Å². The highest BCUT2D eigenvalue weighted by Crippen LogP contribution is 2.30. The molecule has 160 valence electrons.